The van der Waals surface area contributed by atoms with Gasteiger partial charge in [-0.1, -0.05) is 29.8 Å². The highest BCUT2D eigenvalue weighted by atomic mass is 19.1. The first-order chi connectivity index (χ1) is 9.47. The molecule has 0 amide bonds. The van der Waals surface area contributed by atoms with Gasteiger partial charge in [-0.25, -0.2) is 4.39 Å². The summed E-state index contributed by atoms with van der Waals surface area (Å²) in [7, 11) is 0. The topological polar surface area (TPSA) is 12.0 Å². The number of hydrogen-bond acceptors (Lipinski definition) is 1. The Kier molecular flexibility index (Phi) is 4.56. The van der Waals surface area contributed by atoms with E-state index in [1.807, 2.05) is 6.07 Å². The molecule has 0 saturated heterocycles. The number of benzene rings is 2. The van der Waals surface area contributed by atoms with Crippen LogP contribution in [-0.4, -0.2) is 0 Å². The van der Waals surface area contributed by atoms with Crippen molar-refractivity contribution in [3.05, 3.63) is 70.0 Å². The van der Waals surface area contributed by atoms with E-state index < -0.39 is 0 Å². The highest BCUT2D eigenvalue weighted by Crippen LogP contribution is 2.23. The molecule has 0 radical (unpaired) electrons. The Balaban J connectivity index is 2.11. The molecule has 0 saturated carbocycles. The molecule has 2 aromatic rings. The van der Waals surface area contributed by atoms with E-state index in [-0.39, 0.29) is 11.9 Å². The van der Waals surface area contributed by atoms with E-state index in [2.05, 4.69) is 45.1 Å². The number of halogens is 1. The molecule has 1 atom stereocenters. The number of rotatable bonds is 4. The van der Waals surface area contributed by atoms with Crippen LogP contribution in [0.1, 0.15) is 40.8 Å². The summed E-state index contributed by atoms with van der Waals surface area (Å²) < 4.78 is 13.2. The predicted octanol–water partition coefficient (Wildman–Crippen LogP) is 4.60. The average molecular weight is 271 g/mol. The van der Waals surface area contributed by atoms with Crippen molar-refractivity contribution in [1.82, 2.24) is 5.32 Å². The molecule has 0 aliphatic carbocycles. The fourth-order valence-corrected chi connectivity index (χ4v) is 2.89. The quantitative estimate of drug-likeness (QED) is 0.856. The second-order valence-corrected chi connectivity index (χ2v) is 5.54. The van der Waals surface area contributed by atoms with Gasteiger partial charge >= 0.3 is 0 Å². The molecule has 1 nitrogen and oxygen atoms in total. The lowest BCUT2D eigenvalue weighted by molar-refractivity contribution is 0.564. The summed E-state index contributed by atoms with van der Waals surface area (Å²) in [5.41, 5.74) is 6.22. The summed E-state index contributed by atoms with van der Waals surface area (Å²) in [5.74, 6) is -0.181. The Morgan fingerprint density at radius 3 is 2.30 bits per heavy atom. The highest BCUT2D eigenvalue weighted by molar-refractivity contribution is 5.39. The molecule has 1 N–H and O–H groups in total. The minimum Gasteiger partial charge on any atom is -0.306 e. The van der Waals surface area contributed by atoms with E-state index in [9.17, 15) is 4.39 Å². The highest BCUT2D eigenvalue weighted by Gasteiger charge is 2.11. The van der Waals surface area contributed by atoms with E-state index >= 15 is 0 Å². The summed E-state index contributed by atoms with van der Waals surface area (Å²) in [4.78, 5) is 0. The van der Waals surface area contributed by atoms with Crippen molar-refractivity contribution in [1.29, 1.82) is 0 Å². The van der Waals surface area contributed by atoms with Gasteiger partial charge in [-0.15, -0.1) is 0 Å². The third-order valence-corrected chi connectivity index (χ3v) is 3.67. The Morgan fingerprint density at radius 2 is 1.70 bits per heavy atom. The van der Waals surface area contributed by atoms with E-state index in [0.717, 1.165) is 5.56 Å². The predicted molar refractivity (Wildman–Crippen MR) is 82.3 cm³/mol. The van der Waals surface area contributed by atoms with Crippen LogP contribution in [0.3, 0.4) is 0 Å². The van der Waals surface area contributed by atoms with E-state index in [1.54, 1.807) is 12.1 Å². The van der Waals surface area contributed by atoms with Gasteiger partial charge in [-0.3, -0.25) is 0 Å². The minimum atomic E-state index is -0.181. The summed E-state index contributed by atoms with van der Waals surface area (Å²) in [6.45, 7) is 9.25. The second-order valence-electron chi connectivity index (χ2n) is 5.54. The molecule has 2 aromatic carbocycles. The maximum atomic E-state index is 13.2. The van der Waals surface area contributed by atoms with Gasteiger partial charge in [0.25, 0.3) is 0 Å². The Labute approximate surface area is 120 Å². The van der Waals surface area contributed by atoms with Gasteiger partial charge in [-0.05, 0) is 62.1 Å². The largest absolute Gasteiger partial charge is 0.306 e. The standard InChI is InChI=1S/C18H22FN/c1-12-8-13(2)18(14(3)9-12)15(4)20-11-16-6-5-7-17(19)10-16/h5-10,15,20H,11H2,1-4H3. The van der Waals surface area contributed by atoms with Crippen LogP contribution in [0.2, 0.25) is 0 Å². The van der Waals surface area contributed by atoms with Gasteiger partial charge in [-0.2, -0.15) is 0 Å². The lowest BCUT2D eigenvalue weighted by Crippen LogP contribution is -2.20. The first-order valence-corrected chi connectivity index (χ1v) is 7.03. The first-order valence-electron chi connectivity index (χ1n) is 7.03. The molecule has 0 fully saturated rings. The molecule has 0 aliphatic heterocycles. The maximum absolute atomic E-state index is 13.2. The molecular weight excluding hydrogens is 249 g/mol. The van der Waals surface area contributed by atoms with E-state index in [1.165, 1.54) is 28.3 Å². The third kappa shape index (κ3) is 3.45. The molecular formula is C18H22FN. The Morgan fingerprint density at radius 1 is 1.05 bits per heavy atom. The van der Waals surface area contributed by atoms with Crippen LogP contribution in [0.15, 0.2) is 36.4 Å². The van der Waals surface area contributed by atoms with Crippen molar-refractivity contribution >= 4 is 0 Å². The summed E-state index contributed by atoms with van der Waals surface area (Å²) >= 11 is 0. The molecule has 0 aliphatic rings. The molecule has 0 spiro atoms. The van der Waals surface area contributed by atoms with E-state index in [4.69, 9.17) is 0 Å². The fraction of sp³-hybridized carbons (Fsp3) is 0.333. The van der Waals surface area contributed by atoms with Crippen LogP contribution in [0.25, 0.3) is 0 Å². The molecule has 2 rings (SSSR count). The fourth-order valence-electron chi connectivity index (χ4n) is 2.89. The molecule has 0 aromatic heterocycles. The van der Waals surface area contributed by atoms with Crippen molar-refractivity contribution in [3.8, 4) is 0 Å². The lowest BCUT2D eigenvalue weighted by Gasteiger charge is -2.20. The van der Waals surface area contributed by atoms with Crippen LogP contribution >= 0.6 is 0 Å². The number of aryl methyl sites for hydroxylation is 3. The molecule has 2 heteroatoms. The summed E-state index contributed by atoms with van der Waals surface area (Å²) in [5, 5.41) is 3.48. The molecule has 0 bridgehead atoms. The number of nitrogens with one attached hydrogen (secondary N) is 1. The molecule has 1 unspecified atom stereocenters. The zero-order valence-corrected chi connectivity index (χ0v) is 12.6. The molecule has 0 heterocycles. The SMILES string of the molecule is Cc1cc(C)c(C(C)NCc2cccc(F)c2)c(C)c1. The summed E-state index contributed by atoms with van der Waals surface area (Å²) in [6.07, 6.45) is 0. The normalized spacial score (nSPS) is 12.4. The minimum absolute atomic E-state index is 0.181. The van der Waals surface area contributed by atoms with Gasteiger partial charge in [0.15, 0.2) is 0 Å². The third-order valence-electron chi connectivity index (χ3n) is 3.67. The van der Waals surface area contributed by atoms with Crippen molar-refractivity contribution in [2.45, 2.75) is 40.3 Å². The second kappa shape index (κ2) is 6.19. The van der Waals surface area contributed by atoms with Crippen LogP contribution in [0.4, 0.5) is 4.39 Å². The van der Waals surface area contributed by atoms with Crippen LogP contribution in [0, 0.1) is 26.6 Å². The van der Waals surface area contributed by atoms with Gasteiger partial charge in [0.1, 0.15) is 5.82 Å². The maximum Gasteiger partial charge on any atom is 0.123 e. The molecule has 20 heavy (non-hydrogen) atoms. The summed E-state index contributed by atoms with van der Waals surface area (Å²) in [6, 6.07) is 11.4. The van der Waals surface area contributed by atoms with Crippen molar-refractivity contribution in [3.63, 3.8) is 0 Å². The van der Waals surface area contributed by atoms with Crippen molar-refractivity contribution in [2.24, 2.45) is 0 Å². The van der Waals surface area contributed by atoms with Gasteiger partial charge in [0.2, 0.25) is 0 Å². The monoisotopic (exact) mass is 271 g/mol. The zero-order valence-electron chi connectivity index (χ0n) is 12.6. The number of hydrogen-bond donors (Lipinski definition) is 1. The van der Waals surface area contributed by atoms with Gasteiger partial charge < -0.3 is 5.32 Å². The Hall–Kier alpha value is -1.67. The van der Waals surface area contributed by atoms with Crippen LogP contribution in [0.5, 0.6) is 0 Å². The van der Waals surface area contributed by atoms with Crippen molar-refractivity contribution in [2.75, 3.05) is 0 Å². The first kappa shape index (κ1) is 14.7. The van der Waals surface area contributed by atoms with Gasteiger partial charge in [0, 0.05) is 12.6 Å². The van der Waals surface area contributed by atoms with Crippen LogP contribution in [-0.2, 0) is 6.54 Å². The smallest absolute Gasteiger partial charge is 0.123 e. The van der Waals surface area contributed by atoms with Crippen LogP contribution < -0.4 is 5.32 Å². The van der Waals surface area contributed by atoms with E-state index in [0.29, 0.717) is 6.54 Å². The molecule has 106 valence electrons. The zero-order chi connectivity index (χ0) is 14.7. The van der Waals surface area contributed by atoms with Crippen molar-refractivity contribution < 1.29 is 4.39 Å². The average Bonchev–Trinajstić information content (AvgIpc) is 2.35. The Bertz CT molecular complexity index is 581. The lowest BCUT2D eigenvalue weighted by atomic mass is 9.95. The van der Waals surface area contributed by atoms with Gasteiger partial charge in [0.05, 0.1) is 0 Å².